The second-order valence-corrected chi connectivity index (χ2v) is 7.46. The molecule has 0 saturated heterocycles. The minimum absolute atomic E-state index is 0.0274. The molecule has 0 saturated carbocycles. The molecule has 0 fully saturated rings. The summed E-state index contributed by atoms with van der Waals surface area (Å²) in [6, 6.07) is 5.69. The minimum atomic E-state index is -0.150. The summed E-state index contributed by atoms with van der Waals surface area (Å²) in [5.41, 5.74) is 2.70. The van der Waals surface area contributed by atoms with E-state index in [1.165, 1.54) is 0 Å². The van der Waals surface area contributed by atoms with E-state index in [1.807, 2.05) is 25.2 Å². The van der Waals surface area contributed by atoms with Gasteiger partial charge in [-0.1, -0.05) is 20.8 Å². The van der Waals surface area contributed by atoms with Crippen LogP contribution in [0.4, 0.5) is 5.82 Å². The Morgan fingerprint density at radius 1 is 1.28 bits per heavy atom. The van der Waals surface area contributed by atoms with Gasteiger partial charge < -0.3 is 9.73 Å². The van der Waals surface area contributed by atoms with Crippen LogP contribution in [-0.4, -0.2) is 25.9 Å². The summed E-state index contributed by atoms with van der Waals surface area (Å²) in [6.07, 6.45) is 2.03. The van der Waals surface area contributed by atoms with Gasteiger partial charge in [-0.25, -0.2) is 0 Å². The minimum Gasteiger partial charge on any atom is -0.459 e. The summed E-state index contributed by atoms with van der Waals surface area (Å²) < 4.78 is 7.81. The zero-order valence-electron chi connectivity index (χ0n) is 14.8. The topological polar surface area (TPSA) is 88.7 Å². The van der Waals surface area contributed by atoms with E-state index in [-0.39, 0.29) is 17.2 Å². The van der Waals surface area contributed by atoms with Gasteiger partial charge in [0.25, 0.3) is 0 Å². The molecule has 0 spiro atoms. The van der Waals surface area contributed by atoms with E-state index >= 15 is 0 Å². The quantitative estimate of drug-likeness (QED) is 0.750. The SMILES string of the molecule is Cn1nc(C(C)(C)C)c2c1NC(=O)CC2c1ccc(-c2ccn[nH]2)o1. The van der Waals surface area contributed by atoms with Crippen LogP contribution in [0.1, 0.15) is 50.1 Å². The van der Waals surface area contributed by atoms with Crippen molar-refractivity contribution >= 4 is 11.7 Å². The number of furan rings is 1. The number of nitrogens with zero attached hydrogens (tertiary/aromatic N) is 3. The number of fused-ring (bicyclic) bond motifs is 1. The van der Waals surface area contributed by atoms with Crippen molar-refractivity contribution in [3.8, 4) is 11.5 Å². The first-order valence-corrected chi connectivity index (χ1v) is 8.31. The van der Waals surface area contributed by atoms with E-state index in [4.69, 9.17) is 4.42 Å². The maximum absolute atomic E-state index is 12.2. The van der Waals surface area contributed by atoms with Gasteiger partial charge in [0, 0.05) is 30.6 Å². The number of carbonyl (C=O) groups excluding carboxylic acids is 1. The van der Waals surface area contributed by atoms with Crippen molar-refractivity contribution in [2.75, 3.05) is 5.32 Å². The van der Waals surface area contributed by atoms with Gasteiger partial charge in [-0.2, -0.15) is 10.2 Å². The second kappa shape index (κ2) is 5.34. The molecule has 0 bridgehead atoms. The number of H-pyrrole nitrogens is 1. The number of amides is 1. The van der Waals surface area contributed by atoms with Gasteiger partial charge in [0.1, 0.15) is 17.3 Å². The molecule has 3 aromatic heterocycles. The number of nitrogens with one attached hydrogen (secondary N) is 2. The molecular weight excluding hydrogens is 318 g/mol. The van der Waals surface area contributed by atoms with Crippen LogP contribution in [0.5, 0.6) is 0 Å². The van der Waals surface area contributed by atoms with E-state index < -0.39 is 0 Å². The average molecular weight is 339 g/mol. The van der Waals surface area contributed by atoms with E-state index in [2.05, 4.69) is 41.4 Å². The Morgan fingerprint density at radius 2 is 2.08 bits per heavy atom. The van der Waals surface area contributed by atoms with Crippen molar-refractivity contribution in [2.24, 2.45) is 7.05 Å². The van der Waals surface area contributed by atoms with Crippen molar-refractivity contribution < 1.29 is 9.21 Å². The first-order chi connectivity index (χ1) is 11.8. The molecule has 1 aliphatic rings. The lowest BCUT2D eigenvalue weighted by Crippen LogP contribution is -2.26. The van der Waals surface area contributed by atoms with E-state index in [9.17, 15) is 4.79 Å². The normalized spacial score (nSPS) is 17.4. The van der Waals surface area contributed by atoms with Gasteiger partial charge in [0.15, 0.2) is 5.76 Å². The fourth-order valence-corrected chi connectivity index (χ4v) is 3.36. The standard InChI is InChI=1S/C18H21N5O2/c1-18(2,3)16-15-10(9-14(24)20-17(15)23(4)22-16)12-5-6-13(25-12)11-7-8-19-21-11/h5-8,10H,9H2,1-4H3,(H,19,21)(H,20,24). The van der Waals surface area contributed by atoms with Gasteiger partial charge in [-0.05, 0) is 18.2 Å². The van der Waals surface area contributed by atoms with Crippen LogP contribution in [0, 0.1) is 0 Å². The molecule has 1 aliphatic heterocycles. The molecule has 4 heterocycles. The summed E-state index contributed by atoms with van der Waals surface area (Å²) in [7, 11) is 1.86. The fourth-order valence-electron chi connectivity index (χ4n) is 3.36. The van der Waals surface area contributed by atoms with Gasteiger partial charge in [0.2, 0.25) is 5.91 Å². The Balaban J connectivity index is 1.83. The molecule has 4 rings (SSSR count). The molecule has 1 amide bonds. The first kappa shape index (κ1) is 15.7. The van der Waals surface area contributed by atoms with Crippen molar-refractivity contribution in [1.82, 2.24) is 20.0 Å². The van der Waals surface area contributed by atoms with Crippen LogP contribution in [0.15, 0.2) is 28.8 Å². The predicted octanol–water partition coefficient (Wildman–Crippen LogP) is 3.17. The van der Waals surface area contributed by atoms with E-state index in [1.54, 1.807) is 10.9 Å². The number of aromatic amines is 1. The number of rotatable bonds is 2. The van der Waals surface area contributed by atoms with Crippen LogP contribution in [0.3, 0.4) is 0 Å². The van der Waals surface area contributed by atoms with Crippen LogP contribution in [0.2, 0.25) is 0 Å². The van der Waals surface area contributed by atoms with Crippen molar-refractivity contribution in [3.63, 3.8) is 0 Å². The Labute approximate surface area is 145 Å². The number of aryl methyl sites for hydroxylation is 1. The number of aromatic nitrogens is 4. The fraction of sp³-hybridized carbons (Fsp3) is 0.389. The highest BCUT2D eigenvalue weighted by molar-refractivity contribution is 5.94. The molecule has 0 aromatic carbocycles. The number of hydrogen-bond donors (Lipinski definition) is 2. The van der Waals surface area contributed by atoms with Gasteiger partial charge in [-0.15, -0.1) is 0 Å². The number of hydrogen-bond acceptors (Lipinski definition) is 4. The molecule has 0 aliphatic carbocycles. The lowest BCUT2D eigenvalue weighted by Gasteiger charge is -2.25. The van der Waals surface area contributed by atoms with Gasteiger partial charge >= 0.3 is 0 Å². The smallest absolute Gasteiger partial charge is 0.226 e. The largest absolute Gasteiger partial charge is 0.459 e. The van der Waals surface area contributed by atoms with Crippen LogP contribution in [-0.2, 0) is 17.3 Å². The zero-order chi connectivity index (χ0) is 17.8. The summed E-state index contributed by atoms with van der Waals surface area (Å²) in [4.78, 5) is 12.2. The predicted molar refractivity (Wildman–Crippen MR) is 93.3 cm³/mol. The van der Waals surface area contributed by atoms with E-state index in [0.717, 1.165) is 28.5 Å². The molecular formula is C18H21N5O2. The molecule has 1 atom stereocenters. The van der Waals surface area contributed by atoms with Crippen LogP contribution in [0.25, 0.3) is 11.5 Å². The van der Waals surface area contributed by atoms with Crippen LogP contribution >= 0.6 is 0 Å². The molecule has 7 heteroatoms. The lowest BCUT2D eigenvalue weighted by atomic mass is 9.81. The highest BCUT2D eigenvalue weighted by atomic mass is 16.3. The Hall–Kier alpha value is -2.83. The summed E-state index contributed by atoms with van der Waals surface area (Å²) in [6.45, 7) is 6.38. The number of anilines is 1. The van der Waals surface area contributed by atoms with Gasteiger partial charge in [0.05, 0.1) is 11.6 Å². The monoisotopic (exact) mass is 339 g/mol. The second-order valence-electron chi connectivity index (χ2n) is 7.46. The maximum Gasteiger partial charge on any atom is 0.226 e. The lowest BCUT2D eigenvalue weighted by molar-refractivity contribution is -0.116. The van der Waals surface area contributed by atoms with Gasteiger partial charge in [-0.3, -0.25) is 14.6 Å². The molecule has 0 radical (unpaired) electrons. The molecule has 2 N–H and O–H groups in total. The molecule has 1 unspecified atom stereocenters. The highest BCUT2D eigenvalue weighted by Gasteiger charge is 2.37. The third-order valence-electron chi connectivity index (χ3n) is 4.53. The third-order valence-corrected chi connectivity index (χ3v) is 4.53. The third kappa shape index (κ3) is 2.56. The molecule has 25 heavy (non-hydrogen) atoms. The summed E-state index contributed by atoms with van der Waals surface area (Å²) >= 11 is 0. The Bertz CT molecular complexity index is 927. The highest BCUT2D eigenvalue weighted by Crippen LogP contribution is 2.43. The molecule has 7 nitrogen and oxygen atoms in total. The molecule has 130 valence electrons. The van der Waals surface area contributed by atoms with Crippen molar-refractivity contribution in [3.05, 3.63) is 41.4 Å². The summed E-state index contributed by atoms with van der Waals surface area (Å²) in [5.74, 6) is 2.05. The first-order valence-electron chi connectivity index (χ1n) is 8.31. The van der Waals surface area contributed by atoms with E-state index in [0.29, 0.717) is 12.2 Å². The Kier molecular flexibility index (Phi) is 3.35. The zero-order valence-corrected chi connectivity index (χ0v) is 14.8. The summed E-state index contributed by atoms with van der Waals surface area (Å²) in [5, 5.41) is 14.5. The number of carbonyl (C=O) groups is 1. The maximum atomic E-state index is 12.2. The van der Waals surface area contributed by atoms with Crippen LogP contribution < -0.4 is 5.32 Å². The Morgan fingerprint density at radius 3 is 2.76 bits per heavy atom. The van der Waals surface area contributed by atoms with Crippen molar-refractivity contribution in [2.45, 2.75) is 38.5 Å². The average Bonchev–Trinajstić information content (AvgIpc) is 3.25. The molecule has 3 aromatic rings. The van der Waals surface area contributed by atoms with Crippen molar-refractivity contribution in [1.29, 1.82) is 0 Å².